The highest BCUT2D eigenvalue weighted by Gasteiger charge is 2.36. The van der Waals surface area contributed by atoms with Crippen LogP contribution in [0.5, 0.6) is 5.75 Å². The maximum atomic E-state index is 12.3. The molecule has 1 heterocycles. The molecule has 4 nitrogen and oxygen atoms in total. The summed E-state index contributed by atoms with van der Waals surface area (Å²) in [6, 6.07) is 8.40. The molecule has 1 aliphatic carbocycles. The van der Waals surface area contributed by atoms with Crippen molar-refractivity contribution in [2.75, 3.05) is 13.1 Å². The first-order valence-corrected chi connectivity index (χ1v) is 7.89. The van der Waals surface area contributed by atoms with Crippen LogP contribution in [-0.2, 0) is 4.79 Å². The van der Waals surface area contributed by atoms with E-state index >= 15 is 0 Å². The minimum absolute atomic E-state index is 0.176. The molecule has 1 saturated heterocycles. The van der Waals surface area contributed by atoms with Crippen molar-refractivity contribution in [2.45, 2.75) is 44.8 Å². The molecule has 0 atom stereocenters. The molecule has 2 aliphatic rings. The molecular weight excluding hydrogens is 264 g/mol. The van der Waals surface area contributed by atoms with Gasteiger partial charge in [0.15, 0.2) is 0 Å². The molecule has 1 amide bonds. The van der Waals surface area contributed by atoms with E-state index in [2.05, 4.69) is 19.1 Å². The Morgan fingerprint density at radius 1 is 1.19 bits per heavy atom. The van der Waals surface area contributed by atoms with E-state index < -0.39 is 0 Å². The summed E-state index contributed by atoms with van der Waals surface area (Å²) in [5, 5.41) is 0. The molecule has 21 heavy (non-hydrogen) atoms. The number of likely N-dealkylation sites (tertiary alicyclic amines) is 1. The molecule has 1 aliphatic heterocycles. The highest BCUT2D eigenvalue weighted by Crippen LogP contribution is 2.29. The molecule has 1 aromatic carbocycles. The lowest BCUT2D eigenvalue weighted by atomic mass is 9.79. The van der Waals surface area contributed by atoms with Gasteiger partial charge in [0.05, 0.1) is 0 Å². The molecular formula is C17H24N2O2. The Morgan fingerprint density at radius 2 is 1.81 bits per heavy atom. The molecule has 114 valence electrons. The number of nitrogens with zero attached hydrogens (tertiary/aromatic N) is 1. The zero-order valence-corrected chi connectivity index (χ0v) is 12.6. The van der Waals surface area contributed by atoms with Crippen molar-refractivity contribution in [3.8, 4) is 5.75 Å². The van der Waals surface area contributed by atoms with Crippen molar-refractivity contribution in [1.29, 1.82) is 0 Å². The third-order valence-electron chi connectivity index (χ3n) is 4.60. The molecule has 1 aromatic rings. The van der Waals surface area contributed by atoms with Gasteiger partial charge in [0, 0.05) is 37.9 Å². The average molecular weight is 288 g/mol. The molecule has 0 bridgehead atoms. The van der Waals surface area contributed by atoms with E-state index in [1.54, 1.807) is 0 Å². The Balaban J connectivity index is 1.46. The number of ether oxygens (including phenoxy) is 1. The van der Waals surface area contributed by atoms with Gasteiger partial charge < -0.3 is 15.4 Å². The molecule has 0 aromatic heterocycles. The standard InChI is InChI=1S/C17H24N2O2/c1-12-2-4-15(5-3-12)21-16-6-8-19(9-7-16)17(20)13-10-14(18)11-13/h2-5,13-14,16H,6-11,18H2,1H3. The number of piperidine rings is 1. The highest BCUT2D eigenvalue weighted by molar-refractivity contribution is 5.80. The minimum Gasteiger partial charge on any atom is -0.490 e. The fourth-order valence-corrected chi connectivity index (χ4v) is 3.13. The van der Waals surface area contributed by atoms with Crippen molar-refractivity contribution >= 4 is 5.91 Å². The SMILES string of the molecule is Cc1ccc(OC2CCN(C(=O)C3CC(N)C3)CC2)cc1. The lowest BCUT2D eigenvalue weighted by Gasteiger charge is -2.38. The molecule has 2 fully saturated rings. The summed E-state index contributed by atoms with van der Waals surface area (Å²) in [4.78, 5) is 14.2. The van der Waals surface area contributed by atoms with Crippen LogP contribution in [0.2, 0.25) is 0 Å². The van der Waals surface area contributed by atoms with Crippen LogP contribution in [0.4, 0.5) is 0 Å². The van der Waals surface area contributed by atoms with E-state index in [-0.39, 0.29) is 18.1 Å². The van der Waals surface area contributed by atoms with Crippen LogP contribution in [0.25, 0.3) is 0 Å². The summed E-state index contributed by atoms with van der Waals surface area (Å²) in [5.41, 5.74) is 7.00. The predicted molar refractivity (Wildman–Crippen MR) is 82.1 cm³/mol. The summed E-state index contributed by atoms with van der Waals surface area (Å²) < 4.78 is 6.00. The van der Waals surface area contributed by atoms with Gasteiger partial charge in [-0.3, -0.25) is 4.79 Å². The second-order valence-electron chi connectivity index (χ2n) is 6.38. The number of carbonyl (C=O) groups excluding carboxylic acids is 1. The van der Waals surface area contributed by atoms with Gasteiger partial charge in [0.25, 0.3) is 0 Å². The smallest absolute Gasteiger partial charge is 0.225 e. The van der Waals surface area contributed by atoms with Gasteiger partial charge in [-0.1, -0.05) is 17.7 Å². The summed E-state index contributed by atoms with van der Waals surface area (Å²) >= 11 is 0. The summed E-state index contributed by atoms with van der Waals surface area (Å²) in [6.45, 7) is 3.68. The normalized spacial score (nSPS) is 26.3. The second kappa shape index (κ2) is 6.06. The van der Waals surface area contributed by atoms with Crippen LogP contribution >= 0.6 is 0 Å². The zero-order valence-electron chi connectivity index (χ0n) is 12.6. The summed E-state index contributed by atoms with van der Waals surface area (Å²) in [5.74, 6) is 1.40. The Hall–Kier alpha value is -1.55. The zero-order chi connectivity index (χ0) is 14.8. The van der Waals surface area contributed by atoms with E-state index in [0.717, 1.165) is 44.5 Å². The number of benzene rings is 1. The van der Waals surface area contributed by atoms with E-state index in [9.17, 15) is 4.79 Å². The van der Waals surface area contributed by atoms with Gasteiger partial charge in [0.2, 0.25) is 5.91 Å². The monoisotopic (exact) mass is 288 g/mol. The van der Waals surface area contributed by atoms with Crippen LogP contribution in [0.15, 0.2) is 24.3 Å². The number of rotatable bonds is 3. The summed E-state index contributed by atoms with van der Waals surface area (Å²) in [6.07, 6.45) is 3.77. The number of hydrogen-bond donors (Lipinski definition) is 1. The summed E-state index contributed by atoms with van der Waals surface area (Å²) in [7, 11) is 0. The molecule has 4 heteroatoms. The van der Waals surface area contributed by atoms with Crippen molar-refractivity contribution in [3.05, 3.63) is 29.8 Å². The first kappa shape index (κ1) is 14.4. The maximum absolute atomic E-state index is 12.3. The van der Waals surface area contributed by atoms with Gasteiger partial charge in [-0.25, -0.2) is 0 Å². The fourth-order valence-electron chi connectivity index (χ4n) is 3.13. The van der Waals surface area contributed by atoms with Gasteiger partial charge >= 0.3 is 0 Å². The minimum atomic E-state index is 0.176. The molecule has 0 unspecified atom stereocenters. The van der Waals surface area contributed by atoms with Gasteiger partial charge in [-0.2, -0.15) is 0 Å². The van der Waals surface area contributed by atoms with Crippen molar-refractivity contribution in [2.24, 2.45) is 11.7 Å². The first-order valence-electron chi connectivity index (χ1n) is 7.89. The van der Waals surface area contributed by atoms with Gasteiger partial charge in [-0.05, 0) is 31.9 Å². The molecule has 0 spiro atoms. The van der Waals surface area contributed by atoms with Crippen LogP contribution < -0.4 is 10.5 Å². The number of carbonyl (C=O) groups is 1. The average Bonchev–Trinajstić information content (AvgIpc) is 2.46. The number of hydrogen-bond acceptors (Lipinski definition) is 3. The topological polar surface area (TPSA) is 55.6 Å². The lowest BCUT2D eigenvalue weighted by Crippen LogP contribution is -2.50. The largest absolute Gasteiger partial charge is 0.490 e. The Morgan fingerprint density at radius 3 is 2.38 bits per heavy atom. The first-order chi connectivity index (χ1) is 10.1. The molecule has 1 saturated carbocycles. The second-order valence-corrected chi connectivity index (χ2v) is 6.38. The third kappa shape index (κ3) is 3.38. The van der Waals surface area contributed by atoms with Gasteiger partial charge in [0.1, 0.15) is 11.9 Å². The van der Waals surface area contributed by atoms with Crippen molar-refractivity contribution in [3.63, 3.8) is 0 Å². The molecule has 0 radical (unpaired) electrons. The van der Waals surface area contributed by atoms with E-state index in [4.69, 9.17) is 10.5 Å². The Labute approximate surface area is 126 Å². The molecule has 2 N–H and O–H groups in total. The Kier molecular flexibility index (Phi) is 4.15. The van der Waals surface area contributed by atoms with Gasteiger partial charge in [-0.15, -0.1) is 0 Å². The third-order valence-corrected chi connectivity index (χ3v) is 4.60. The van der Waals surface area contributed by atoms with Crippen LogP contribution in [0.3, 0.4) is 0 Å². The van der Waals surface area contributed by atoms with Crippen LogP contribution in [0, 0.1) is 12.8 Å². The maximum Gasteiger partial charge on any atom is 0.225 e. The van der Waals surface area contributed by atoms with Crippen LogP contribution in [-0.4, -0.2) is 36.0 Å². The Bertz CT molecular complexity index is 486. The fraction of sp³-hybridized carbons (Fsp3) is 0.588. The van der Waals surface area contributed by atoms with E-state index in [0.29, 0.717) is 5.91 Å². The number of amides is 1. The van der Waals surface area contributed by atoms with Crippen LogP contribution in [0.1, 0.15) is 31.2 Å². The van der Waals surface area contributed by atoms with E-state index in [1.165, 1.54) is 5.56 Å². The van der Waals surface area contributed by atoms with Crippen molar-refractivity contribution in [1.82, 2.24) is 4.90 Å². The lowest BCUT2D eigenvalue weighted by molar-refractivity contribution is -0.140. The quantitative estimate of drug-likeness (QED) is 0.926. The van der Waals surface area contributed by atoms with Crippen molar-refractivity contribution < 1.29 is 9.53 Å². The highest BCUT2D eigenvalue weighted by atomic mass is 16.5. The van der Waals surface area contributed by atoms with E-state index in [1.807, 2.05) is 17.0 Å². The predicted octanol–water partition coefficient (Wildman–Crippen LogP) is 2.10. The molecule has 3 rings (SSSR count). The number of nitrogens with two attached hydrogens (primary N) is 1. The number of aryl methyl sites for hydroxylation is 1.